The number of hydrogen-bond acceptors (Lipinski definition) is 5. The van der Waals surface area contributed by atoms with Gasteiger partial charge in [0.05, 0.1) is 0 Å². The highest BCUT2D eigenvalue weighted by atomic mass is 32.1. The lowest BCUT2D eigenvalue weighted by atomic mass is 10.1. The SMILES string of the molecule is Cc1nnc(NC(=O)/C=C/c2ccc(C(=O)NC3CC3)cc2)s1. The van der Waals surface area contributed by atoms with E-state index in [2.05, 4.69) is 20.8 Å². The van der Waals surface area contributed by atoms with Crippen LogP contribution < -0.4 is 10.6 Å². The van der Waals surface area contributed by atoms with Gasteiger partial charge in [-0.05, 0) is 43.5 Å². The second-order valence-corrected chi connectivity index (χ2v) is 6.50. The Bertz CT molecular complexity index is 748. The second kappa shape index (κ2) is 6.70. The van der Waals surface area contributed by atoms with Gasteiger partial charge < -0.3 is 5.32 Å². The fourth-order valence-corrected chi connectivity index (χ4v) is 2.50. The molecule has 1 heterocycles. The van der Waals surface area contributed by atoms with Gasteiger partial charge in [0.1, 0.15) is 5.01 Å². The molecule has 0 atom stereocenters. The van der Waals surface area contributed by atoms with E-state index in [1.165, 1.54) is 17.4 Å². The average molecular weight is 328 g/mol. The number of anilines is 1. The number of benzene rings is 1. The molecular weight excluding hydrogens is 312 g/mol. The standard InChI is InChI=1S/C16H16N4O2S/c1-10-19-20-16(23-10)18-14(21)9-4-11-2-5-12(6-3-11)15(22)17-13-7-8-13/h2-6,9,13H,7-8H2,1H3,(H,17,22)(H,18,20,21)/b9-4+. The third-order valence-corrected chi connectivity index (χ3v) is 4.02. The van der Waals surface area contributed by atoms with Crippen LogP contribution in [-0.4, -0.2) is 28.1 Å². The largest absolute Gasteiger partial charge is 0.349 e. The van der Waals surface area contributed by atoms with E-state index in [4.69, 9.17) is 0 Å². The summed E-state index contributed by atoms with van der Waals surface area (Å²) in [6.07, 6.45) is 5.24. The maximum absolute atomic E-state index is 11.9. The van der Waals surface area contributed by atoms with Crippen LogP contribution in [0, 0.1) is 6.92 Å². The Hall–Kier alpha value is -2.54. The van der Waals surface area contributed by atoms with Crippen molar-refractivity contribution >= 4 is 34.4 Å². The fraction of sp³-hybridized carbons (Fsp3) is 0.250. The van der Waals surface area contributed by atoms with E-state index in [1.807, 2.05) is 6.92 Å². The van der Waals surface area contributed by atoms with Crippen LogP contribution in [0.2, 0.25) is 0 Å². The van der Waals surface area contributed by atoms with E-state index < -0.39 is 0 Å². The summed E-state index contributed by atoms with van der Waals surface area (Å²) >= 11 is 1.32. The number of aryl methyl sites for hydroxylation is 1. The number of nitrogens with one attached hydrogen (secondary N) is 2. The summed E-state index contributed by atoms with van der Waals surface area (Å²) < 4.78 is 0. The predicted molar refractivity (Wildman–Crippen MR) is 89.2 cm³/mol. The number of carbonyl (C=O) groups excluding carboxylic acids is 2. The van der Waals surface area contributed by atoms with E-state index in [0.29, 0.717) is 16.7 Å². The van der Waals surface area contributed by atoms with Crippen molar-refractivity contribution in [3.63, 3.8) is 0 Å². The minimum Gasteiger partial charge on any atom is -0.349 e. The Morgan fingerprint density at radius 2 is 1.96 bits per heavy atom. The number of rotatable bonds is 5. The number of amides is 2. The Labute approximate surface area is 137 Å². The molecule has 1 aromatic heterocycles. The van der Waals surface area contributed by atoms with E-state index in [-0.39, 0.29) is 11.8 Å². The van der Waals surface area contributed by atoms with Gasteiger partial charge in [0.2, 0.25) is 11.0 Å². The number of aromatic nitrogens is 2. The van der Waals surface area contributed by atoms with Crippen LogP contribution in [0.4, 0.5) is 5.13 Å². The zero-order valence-corrected chi connectivity index (χ0v) is 13.4. The zero-order valence-electron chi connectivity index (χ0n) is 12.6. The highest BCUT2D eigenvalue weighted by Gasteiger charge is 2.23. The molecule has 1 aliphatic carbocycles. The van der Waals surface area contributed by atoms with Crippen LogP contribution in [-0.2, 0) is 4.79 Å². The first-order chi connectivity index (χ1) is 11.1. The Kier molecular flexibility index (Phi) is 4.47. The van der Waals surface area contributed by atoms with Crippen molar-refractivity contribution in [1.82, 2.24) is 15.5 Å². The molecule has 118 valence electrons. The summed E-state index contributed by atoms with van der Waals surface area (Å²) in [4.78, 5) is 23.6. The molecule has 0 saturated heterocycles. The normalized spacial score (nSPS) is 14.0. The lowest BCUT2D eigenvalue weighted by molar-refractivity contribution is -0.111. The van der Waals surface area contributed by atoms with E-state index in [0.717, 1.165) is 23.4 Å². The topological polar surface area (TPSA) is 84.0 Å². The van der Waals surface area contributed by atoms with E-state index in [9.17, 15) is 9.59 Å². The quantitative estimate of drug-likeness (QED) is 0.826. The molecule has 0 aliphatic heterocycles. The third kappa shape index (κ3) is 4.46. The molecule has 0 spiro atoms. The molecule has 3 rings (SSSR count). The smallest absolute Gasteiger partial charge is 0.251 e. The summed E-state index contributed by atoms with van der Waals surface area (Å²) in [6, 6.07) is 7.46. The van der Waals surface area contributed by atoms with Crippen LogP contribution in [0.5, 0.6) is 0 Å². The van der Waals surface area contributed by atoms with Gasteiger partial charge in [-0.15, -0.1) is 10.2 Å². The number of carbonyl (C=O) groups is 2. The molecule has 1 aromatic carbocycles. The number of nitrogens with zero attached hydrogens (tertiary/aromatic N) is 2. The van der Waals surface area contributed by atoms with Gasteiger partial charge in [-0.2, -0.15) is 0 Å². The second-order valence-electron chi connectivity index (χ2n) is 5.32. The minimum atomic E-state index is -0.267. The molecule has 7 heteroatoms. The van der Waals surface area contributed by atoms with Crippen molar-refractivity contribution in [2.45, 2.75) is 25.8 Å². The maximum atomic E-state index is 11.9. The van der Waals surface area contributed by atoms with E-state index in [1.54, 1.807) is 30.3 Å². The molecule has 1 saturated carbocycles. The van der Waals surface area contributed by atoms with E-state index >= 15 is 0 Å². The average Bonchev–Trinajstić information content (AvgIpc) is 3.26. The molecular formula is C16H16N4O2S. The molecule has 0 unspecified atom stereocenters. The first kappa shape index (κ1) is 15.4. The molecule has 6 nitrogen and oxygen atoms in total. The summed E-state index contributed by atoms with van der Waals surface area (Å²) in [7, 11) is 0. The molecule has 1 aliphatic rings. The van der Waals surface area contributed by atoms with Gasteiger partial charge in [-0.1, -0.05) is 23.5 Å². The van der Waals surface area contributed by atoms with Crippen molar-refractivity contribution in [3.8, 4) is 0 Å². The van der Waals surface area contributed by atoms with Crippen molar-refractivity contribution in [1.29, 1.82) is 0 Å². The Morgan fingerprint density at radius 3 is 2.57 bits per heavy atom. The zero-order chi connectivity index (χ0) is 16.2. The lowest BCUT2D eigenvalue weighted by Gasteiger charge is -2.03. The van der Waals surface area contributed by atoms with Crippen molar-refractivity contribution in [3.05, 3.63) is 46.5 Å². The summed E-state index contributed by atoms with van der Waals surface area (Å²) in [5, 5.41) is 14.5. The first-order valence-electron chi connectivity index (χ1n) is 7.30. The molecule has 2 N–H and O–H groups in total. The van der Waals surface area contributed by atoms with Gasteiger partial charge in [0.25, 0.3) is 5.91 Å². The van der Waals surface area contributed by atoms with Gasteiger partial charge in [-0.3, -0.25) is 14.9 Å². The highest BCUT2D eigenvalue weighted by molar-refractivity contribution is 7.15. The summed E-state index contributed by atoms with van der Waals surface area (Å²) in [5.41, 5.74) is 1.47. The monoisotopic (exact) mass is 328 g/mol. The van der Waals surface area contributed by atoms with Crippen LogP contribution in [0.1, 0.15) is 33.8 Å². The van der Waals surface area contributed by atoms with Crippen LogP contribution in [0.15, 0.2) is 30.3 Å². The molecule has 1 fully saturated rings. The van der Waals surface area contributed by atoms with Gasteiger partial charge in [-0.25, -0.2) is 0 Å². The molecule has 0 bridgehead atoms. The Morgan fingerprint density at radius 1 is 1.22 bits per heavy atom. The minimum absolute atomic E-state index is 0.0487. The Balaban J connectivity index is 1.56. The molecule has 0 radical (unpaired) electrons. The van der Waals surface area contributed by atoms with Gasteiger partial charge in [0.15, 0.2) is 0 Å². The fourth-order valence-electron chi connectivity index (χ4n) is 1.91. The first-order valence-corrected chi connectivity index (χ1v) is 8.12. The van der Waals surface area contributed by atoms with Crippen molar-refractivity contribution < 1.29 is 9.59 Å². The number of hydrogen-bond donors (Lipinski definition) is 2. The lowest BCUT2D eigenvalue weighted by Crippen LogP contribution is -2.25. The molecule has 2 aromatic rings. The summed E-state index contributed by atoms with van der Waals surface area (Å²) in [6.45, 7) is 1.82. The molecule has 2 amide bonds. The van der Waals surface area contributed by atoms with Gasteiger partial charge in [0, 0.05) is 17.7 Å². The molecule has 23 heavy (non-hydrogen) atoms. The van der Waals surface area contributed by atoms with Crippen LogP contribution in [0.3, 0.4) is 0 Å². The predicted octanol–water partition coefficient (Wildman–Crippen LogP) is 2.39. The third-order valence-electron chi connectivity index (χ3n) is 3.27. The van der Waals surface area contributed by atoms with Crippen molar-refractivity contribution in [2.24, 2.45) is 0 Å². The maximum Gasteiger partial charge on any atom is 0.251 e. The van der Waals surface area contributed by atoms with Crippen LogP contribution in [0.25, 0.3) is 6.08 Å². The summed E-state index contributed by atoms with van der Waals surface area (Å²) in [5.74, 6) is -0.316. The van der Waals surface area contributed by atoms with Crippen LogP contribution >= 0.6 is 11.3 Å². The van der Waals surface area contributed by atoms with Crippen molar-refractivity contribution in [2.75, 3.05) is 5.32 Å². The van der Waals surface area contributed by atoms with Gasteiger partial charge >= 0.3 is 0 Å². The highest BCUT2D eigenvalue weighted by Crippen LogP contribution is 2.19.